The van der Waals surface area contributed by atoms with Gasteiger partial charge in [-0.2, -0.15) is 0 Å². The predicted molar refractivity (Wildman–Crippen MR) is 82.7 cm³/mol. The highest BCUT2D eigenvalue weighted by Crippen LogP contribution is 2.25. The first kappa shape index (κ1) is 14.9. The number of hydrogen-bond donors (Lipinski definition) is 0. The lowest BCUT2D eigenvalue weighted by atomic mass is 9.92. The average Bonchev–Trinajstić information content (AvgIpc) is 2.38. The summed E-state index contributed by atoms with van der Waals surface area (Å²) in [6.07, 6.45) is 4.77. The summed E-state index contributed by atoms with van der Waals surface area (Å²) in [4.78, 5) is 14.4. The summed E-state index contributed by atoms with van der Waals surface area (Å²) in [5, 5.41) is 0.596. The highest BCUT2D eigenvalue weighted by molar-refractivity contribution is 9.10. The number of likely N-dealkylation sites (tertiary alicyclic amines) is 1. The summed E-state index contributed by atoms with van der Waals surface area (Å²) in [6.45, 7) is 3.96. The number of piperidine rings is 1. The van der Waals surface area contributed by atoms with E-state index in [9.17, 15) is 4.79 Å². The second-order valence-electron chi connectivity index (χ2n) is 5.18. The van der Waals surface area contributed by atoms with Crippen LogP contribution in [0.15, 0.2) is 22.7 Å². The third-order valence-corrected chi connectivity index (χ3v) is 4.38. The van der Waals surface area contributed by atoms with Crippen molar-refractivity contribution in [3.63, 3.8) is 0 Å². The molecule has 1 aromatic rings. The standard InChI is InChI=1S/C15H19BrClNO/c1-2-3-11-4-6-18(7-5-11)15(19)12-8-13(16)10-14(17)9-12/h8-11H,2-7H2,1H3. The second-order valence-corrected chi connectivity index (χ2v) is 6.53. The van der Waals surface area contributed by atoms with Crippen molar-refractivity contribution in [3.05, 3.63) is 33.3 Å². The van der Waals surface area contributed by atoms with Gasteiger partial charge in [0.15, 0.2) is 0 Å². The third-order valence-electron chi connectivity index (χ3n) is 3.71. The lowest BCUT2D eigenvalue weighted by Gasteiger charge is -2.32. The monoisotopic (exact) mass is 343 g/mol. The van der Waals surface area contributed by atoms with Crippen molar-refractivity contribution in [2.45, 2.75) is 32.6 Å². The van der Waals surface area contributed by atoms with Gasteiger partial charge < -0.3 is 4.90 Å². The quantitative estimate of drug-likeness (QED) is 0.774. The first-order valence-corrected chi connectivity index (χ1v) is 8.02. The number of nitrogens with zero attached hydrogens (tertiary/aromatic N) is 1. The van der Waals surface area contributed by atoms with Crippen LogP contribution < -0.4 is 0 Å². The minimum atomic E-state index is 0.0955. The molecule has 0 radical (unpaired) electrons. The smallest absolute Gasteiger partial charge is 0.253 e. The summed E-state index contributed by atoms with van der Waals surface area (Å²) >= 11 is 9.38. The molecule has 2 rings (SSSR count). The Labute approximate surface area is 128 Å². The van der Waals surface area contributed by atoms with E-state index >= 15 is 0 Å². The SMILES string of the molecule is CCCC1CCN(C(=O)c2cc(Cl)cc(Br)c2)CC1. The summed E-state index contributed by atoms with van der Waals surface area (Å²) in [6, 6.07) is 5.38. The van der Waals surface area contributed by atoms with Gasteiger partial charge in [-0.15, -0.1) is 0 Å². The maximum absolute atomic E-state index is 12.4. The number of carbonyl (C=O) groups is 1. The molecule has 1 heterocycles. The summed E-state index contributed by atoms with van der Waals surface area (Å²) in [5.74, 6) is 0.887. The number of amides is 1. The van der Waals surface area contributed by atoms with Crippen LogP contribution in [0.3, 0.4) is 0 Å². The molecular weight excluding hydrogens is 326 g/mol. The first-order chi connectivity index (χ1) is 9.10. The molecule has 0 aromatic heterocycles. The van der Waals surface area contributed by atoms with Gasteiger partial charge in [0.25, 0.3) is 5.91 Å². The minimum absolute atomic E-state index is 0.0955. The van der Waals surface area contributed by atoms with Crippen molar-refractivity contribution in [2.24, 2.45) is 5.92 Å². The fourth-order valence-electron chi connectivity index (χ4n) is 2.69. The van der Waals surface area contributed by atoms with E-state index in [2.05, 4.69) is 22.9 Å². The molecule has 1 fully saturated rings. The second kappa shape index (κ2) is 6.76. The van der Waals surface area contributed by atoms with E-state index in [0.717, 1.165) is 36.3 Å². The normalized spacial score (nSPS) is 16.7. The molecule has 0 unspecified atom stereocenters. The molecule has 19 heavy (non-hydrogen) atoms. The van der Waals surface area contributed by atoms with Gasteiger partial charge >= 0.3 is 0 Å². The Morgan fingerprint density at radius 1 is 1.37 bits per heavy atom. The van der Waals surface area contributed by atoms with Gasteiger partial charge in [0, 0.05) is 28.1 Å². The van der Waals surface area contributed by atoms with Gasteiger partial charge in [-0.3, -0.25) is 4.79 Å². The van der Waals surface area contributed by atoms with Gasteiger partial charge in [-0.25, -0.2) is 0 Å². The molecule has 1 saturated heterocycles. The zero-order valence-electron chi connectivity index (χ0n) is 11.2. The van der Waals surface area contributed by atoms with Crippen LogP contribution in [0, 0.1) is 5.92 Å². The summed E-state index contributed by atoms with van der Waals surface area (Å²) in [7, 11) is 0. The first-order valence-electron chi connectivity index (χ1n) is 6.85. The maximum Gasteiger partial charge on any atom is 0.253 e. The van der Waals surface area contributed by atoms with Crippen LogP contribution in [0.4, 0.5) is 0 Å². The van der Waals surface area contributed by atoms with Crippen LogP contribution in [0.5, 0.6) is 0 Å². The molecule has 2 nitrogen and oxygen atoms in total. The van der Waals surface area contributed by atoms with Crippen LogP contribution in [0.1, 0.15) is 43.0 Å². The number of benzene rings is 1. The van der Waals surface area contributed by atoms with E-state index in [4.69, 9.17) is 11.6 Å². The van der Waals surface area contributed by atoms with Crippen LogP contribution in [0.2, 0.25) is 5.02 Å². The highest BCUT2D eigenvalue weighted by Gasteiger charge is 2.23. The van der Waals surface area contributed by atoms with Crippen molar-refractivity contribution >= 4 is 33.4 Å². The fraction of sp³-hybridized carbons (Fsp3) is 0.533. The Bertz CT molecular complexity index is 435. The van der Waals surface area contributed by atoms with Crippen molar-refractivity contribution in [1.29, 1.82) is 0 Å². The van der Waals surface area contributed by atoms with Gasteiger partial charge in [-0.05, 0) is 37.0 Å². The molecule has 0 atom stereocenters. The topological polar surface area (TPSA) is 20.3 Å². The predicted octanol–water partition coefficient (Wildman–Crippen LogP) is 4.75. The van der Waals surface area contributed by atoms with Crippen LogP contribution in [-0.4, -0.2) is 23.9 Å². The Morgan fingerprint density at radius 3 is 2.63 bits per heavy atom. The number of hydrogen-bond acceptors (Lipinski definition) is 1. The van der Waals surface area contributed by atoms with E-state index < -0.39 is 0 Å². The molecule has 4 heteroatoms. The molecule has 0 saturated carbocycles. The lowest BCUT2D eigenvalue weighted by Crippen LogP contribution is -2.38. The molecule has 1 amide bonds. The van der Waals surface area contributed by atoms with E-state index in [1.807, 2.05) is 11.0 Å². The van der Waals surface area contributed by atoms with Crippen LogP contribution in [0.25, 0.3) is 0 Å². The molecule has 1 aliphatic heterocycles. The molecular formula is C15H19BrClNO. The maximum atomic E-state index is 12.4. The molecule has 1 aliphatic rings. The highest BCUT2D eigenvalue weighted by atomic mass is 79.9. The van der Waals surface area contributed by atoms with Crippen molar-refractivity contribution in [3.8, 4) is 0 Å². The largest absolute Gasteiger partial charge is 0.339 e. The minimum Gasteiger partial charge on any atom is -0.339 e. The Balaban J connectivity index is 2.01. The van der Waals surface area contributed by atoms with Crippen molar-refractivity contribution in [2.75, 3.05) is 13.1 Å². The van der Waals surface area contributed by atoms with Gasteiger partial charge in [-0.1, -0.05) is 47.3 Å². The summed E-state index contributed by atoms with van der Waals surface area (Å²) < 4.78 is 0.851. The molecule has 0 bridgehead atoms. The van der Waals surface area contributed by atoms with Crippen molar-refractivity contribution < 1.29 is 4.79 Å². The number of carbonyl (C=O) groups excluding carboxylic acids is 1. The van der Waals surface area contributed by atoms with Crippen molar-refractivity contribution in [1.82, 2.24) is 4.90 Å². The summed E-state index contributed by atoms with van der Waals surface area (Å²) in [5.41, 5.74) is 0.674. The van der Waals surface area contributed by atoms with E-state index in [1.165, 1.54) is 12.8 Å². The van der Waals surface area contributed by atoms with E-state index in [0.29, 0.717) is 10.6 Å². The Morgan fingerprint density at radius 2 is 2.05 bits per heavy atom. The van der Waals surface area contributed by atoms with Gasteiger partial charge in [0.05, 0.1) is 0 Å². The number of halogens is 2. The number of rotatable bonds is 3. The van der Waals surface area contributed by atoms with Crippen LogP contribution >= 0.6 is 27.5 Å². The zero-order valence-corrected chi connectivity index (χ0v) is 13.5. The van der Waals surface area contributed by atoms with E-state index in [-0.39, 0.29) is 5.91 Å². The Hall–Kier alpha value is -0.540. The van der Waals surface area contributed by atoms with Gasteiger partial charge in [0.2, 0.25) is 0 Å². The molecule has 104 valence electrons. The van der Waals surface area contributed by atoms with E-state index in [1.54, 1.807) is 12.1 Å². The molecule has 0 spiro atoms. The Kier molecular flexibility index (Phi) is 5.28. The third kappa shape index (κ3) is 3.96. The molecule has 0 aliphatic carbocycles. The molecule has 0 N–H and O–H groups in total. The van der Waals surface area contributed by atoms with Crippen LogP contribution in [-0.2, 0) is 0 Å². The molecule has 1 aromatic carbocycles. The van der Waals surface area contributed by atoms with Gasteiger partial charge in [0.1, 0.15) is 0 Å². The lowest BCUT2D eigenvalue weighted by molar-refractivity contribution is 0.0686. The fourth-order valence-corrected chi connectivity index (χ4v) is 3.55. The zero-order chi connectivity index (χ0) is 13.8. The average molecular weight is 345 g/mol.